The largest absolute Gasteiger partial charge is 0.490 e. The minimum absolute atomic E-state index is 0.171. The maximum absolute atomic E-state index is 13.7. The van der Waals surface area contributed by atoms with E-state index >= 15 is 0 Å². The topological polar surface area (TPSA) is 98.8 Å². The molecule has 43 heavy (non-hydrogen) atoms. The minimum Gasteiger partial charge on any atom is -0.490 e. The van der Waals surface area contributed by atoms with E-state index in [0.717, 1.165) is 29.0 Å². The number of alkyl halides is 3. The molecule has 2 aromatic carbocycles. The van der Waals surface area contributed by atoms with Gasteiger partial charge in [-0.3, -0.25) is 18.1 Å². The molecule has 0 saturated carbocycles. The highest BCUT2D eigenvalue weighted by atomic mass is 32.1. The Hall–Kier alpha value is -2.21. The first-order valence-electron chi connectivity index (χ1n) is 13.5. The molecule has 9 nitrogen and oxygen atoms in total. The maximum atomic E-state index is 13.7. The van der Waals surface area contributed by atoms with Crippen molar-refractivity contribution >= 4 is 26.8 Å². The fraction of sp³-hybridized carbons (Fsp3) is 0.429. The van der Waals surface area contributed by atoms with Crippen LogP contribution >= 0.6 is 26.8 Å². The third kappa shape index (κ3) is 7.54. The lowest BCUT2D eigenvalue weighted by Crippen LogP contribution is -2.13. The molecule has 2 fully saturated rings. The normalized spacial score (nSPS) is 29.9. The van der Waals surface area contributed by atoms with Crippen LogP contribution in [0.3, 0.4) is 0 Å². The zero-order chi connectivity index (χ0) is 31.0. The van der Waals surface area contributed by atoms with Crippen LogP contribution in [0.2, 0.25) is 0 Å². The molecule has 0 amide bonds. The molecule has 5 atom stereocenters. The van der Waals surface area contributed by atoms with Crippen LogP contribution in [0.1, 0.15) is 44.0 Å². The minimum atomic E-state index is -4.38. The van der Waals surface area contributed by atoms with Crippen molar-refractivity contribution < 1.29 is 54.4 Å². The van der Waals surface area contributed by atoms with Crippen molar-refractivity contribution in [1.29, 1.82) is 0 Å². The van der Waals surface area contributed by atoms with Gasteiger partial charge in [0.25, 0.3) is 0 Å². The fourth-order valence-electron chi connectivity index (χ4n) is 4.25. The van der Waals surface area contributed by atoms with Crippen molar-refractivity contribution in [2.24, 2.45) is 0 Å². The first kappa shape index (κ1) is 32.2. The number of ether oxygens (including phenoxy) is 2. The van der Waals surface area contributed by atoms with Crippen LogP contribution in [-0.4, -0.2) is 37.6 Å². The Morgan fingerprint density at radius 3 is 1.81 bits per heavy atom. The monoisotopic (exact) mass is 662 g/mol. The lowest BCUT2D eigenvalue weighted by molar-refractivity contribution is -0.137. The van der Waals surface area contributed by atoms with Crippen LogP contribution in [0, 0.1) is 0 Å². The smallest absolute Gasteiger partial charge is 0.476 e. The first-order valence-corrected chi connectivity index (χ1v) is 17.4. The average Bonchev–Trinajstić information content (AvgIpc) is 3.60. The Balaban J connectivity index is 1.18. The number of phosphoric acid groups is 1. The van der Waals surface area contributed by atoms with Crippen LogP contribution in [0.4, 0.5) is 13.2 Å². The van der Waals surface area contributed by atoms with Gasteiger partial charge in [0.05, 0.1) is 34.9 Å². The lowest BCUT2D eigenvalue weighted by atomic mass is 10.0. The summed E-state index contributed by atoms with van der Waals surface area (Å²) in [6.45, 7) is 7.21. The fourth-order valence-corrected chi connectivity index (χ4v) is 10.1. The Morgan fingerprint density at radius 1 is 0.744 bits per heavy atom. The molecule has 1 aromatic heterocycles. The Labute approximate surface area is 251 Å². The van der Waals surface area contributed by atoms with Crippen molar-refractivity contribution in [3.63, 3.8) is 0 Å². The van der Waals surface area contributed by atoms with E-state index in [1.165, 1.54) is 12.1 Å². The molecule has 15 heteroatoms. The number of halogens is 3. The predicted octanol–water partition coefficient (Wildman–Crippen LogP) is 8.86. The van der Waals surface area contributed by atoms with E-state index in [2.05, 4.69) is 0 Å². The van der Waals surface area contributed by atoms with Crippen molar-refractivity contribution in [3.05, 3.63) is 71.1 Å². The molecule has 2 saturated heterocycles. The quantitative estimate of drug-likeness (QED) is 0.156. The summed E-state index contributed by atoms with van der Waals surface area (Å²) in [5.41, 5.74) is 0.698. The van der Waals surface area contributed by atoms with Gasteiger partial charge in [0.1, 0.15) is 19.0 Å². The van der Waals surface area contributed by atoms with Gasteiger partial charge in [-0.25, -0.2) is 4.57 Å². The standard InChI is InChI=1S/C28H31F3O9P2S/c1-17-18(2)37-41(32,36-17)27(40-42(33)38-19(3)20(4)39-42)25-13-14-26(43-25)35-16-15-34-24-11-7-22(8-12-24)21-5-9-23(10-6-21)28(29,30)31/h5-14,17-20,27H,15-16H2,1-4H3. The van der Waals surface area contributed by atoms with Crippen molar-refractivity contribution in [1.82, 2.24) is 0 Å². The van der Waals surface area contributed by atoms with E-state index < -0.39 is 57.4 Å². The molecule has 5 rings (SSSR count). The van der Waals surface area contributed by atoms with Gasteiger partial charge in [-0.05, 0) is 75.2 Å². The summed E-state index contributed by atoms with van der Waals surface area (Å²) in [6.07, 6.45) is -6.31. The van der Waals surface area contributed by atoms with E-state index in [-0.39, 0.29) is 13.2 Å². The summed E-state index contributed by atoms with van der Waals surface area (Å²) in [5.74, 6) is -0.800. The Morgan fingerprint density at radius 2 is 1.26 bits per heavy atom. The van der Waals surface area contributed by atoms with E-state index in [9.17, 15) is 22.3 Å². The van der Waals surface area contributed by atoms with Gasteiger partial charge in [0.2, 0.25) is 5.85 Å². The molecule has 0 bridgehead atoms. The molecule has 0 spiro atoms. The van der Waals surface area contributed by atoms with Crippen LogP contribution in [0.15, 0.2) is 60.7 Å². The van der Waals surface area contributed by atoms with Crippen LogP contribution in [0.25, 0.3) is 11.1 Å². The summed E-state index contributed by atoms with van der Waals surface area (Å²) in [4.78, 5) is 0.397. The van der Waals surface area contributed by atoms with E-state index in [1.807, 2.05) is 0 Å². The second kappa shape index (κ2) is 12.7. The van der Waals surface area contributed by atoms with Crippen LogP contribution in [-0.2, 0) is 37.9 Å². The third-order valence-electron chi connectivity index (χ3n) is 6.90. The summed E-state index contributed by atoms with van der Waals surface area (Å²) in [6, 6.07) is 15.2. The summed E-state index contributed by atoms with van der Waals surface area (Å²) < 4.78 is 105. The van der Waals surface area contributed by atoms with Gasteiger partial charge in [0, 0.05) is 0 Å². The molecule has 0 N–H and O–H groups in total. The predicted molar refractivity (Wildman–Crippen MR) is 153 cm³/mol. The Bertz CT molecular complexity index is 1470. The van der Waals surface area contributed by atoms with E-state index in [4.69, 9.17) is 32.1 Å². The molecular weight excluding hydrogens is 631 g/mol. The summed E-state index contributed by atoms with van der Waals surface area (Å²) in [7, 11) is -7.97. The highest BCUT2D eigenvalue weighted by Crippen LogP contribution is 2.73. The molecule has 3 heterocycles. The highest BCUT2D eigenvalue weighted by Gasteiger charge is 2.54. The number of rotatable bonds is 10. The first-order chi connectivity index (χ1) is 20.2. The number of hydrogen-bond donors (Lipinski definition) is 0. The third-order valence-corrected chi connectivity index (χ3v) is 12.1. The second-order valence-electron chi connectivity index (χ2n) is 10.1. The number of hydrogen-bond acceptors (Lipinski definition) is 10. The van der Waals surface area contributed by atoms with Gasteiger partial charge in [-0.2, -0.15) is 13.2 Å². The lowest BCUT2D eigenvalue weighted by Gasteiger charge is -2.23. The molecular formula is C28H31F3O9P2S. The molecule has 234 valence electrons. The van der Waals surface area contributed by atoms with Gasteiger partial charge >= 0.3 is 21.6 Å². The molecule has 0 radical (unpaired) electrons. The summed E-state index contributed by atoms with van der Waals surface area (Å²) in [5, 5.41) is 0.463. The van der Waals surface area contributed by atoms with Gasteiger partial charge in [0.15, 0.2) is 5.06 Å². The zero-order valence-corrected chi connectivity index (χ0v) is 26.3. The molecule has 5 unspecified atom stereocenters. The molecule has 0 aliphatic carbocycles. The maximum Gasteiger partial charge on any atom is 0.476 e. The number of benzene rings is 2. The van der Waals surface area contributed by atoms with Crippen LogP contribution in [0.5, 0.6) is 10.8 Å². The van der Waals surface area contributed by atoms with Crippen molar-refractivity contribution in [2.75, 3.05) is 13.2 Å². The molecule has 2 aliphatic heterocycles. The van der Waals surface area contributed by atoms with Gasteiger partial charge in [-0.15, -0.1) is 11.3 Å². The Kier molecular flexibility index (Phi) is 9.47. The average molecular weight is 663 g/mol. The number of phosphoric ester groups is 1. The van der Waals surface area contributed by atoms with E-state index in [0.29, 0.717) is 21.3 Å². The summed E-state index contributed by atoms with van der Waals surface area (Å²) >= 11 is 1.12. The SMILES string of the molecule is CC1OP(=O)(OC(c2ccc(OCCOc3ccc(-c4ccc(C(F)(F)F)cc4)cc3)s2)P2(=O)OC(C)C(C)O2)OC1C. The van der Waals surface area contributed by atoms with Gasteiger partial charge in [-0.1, -0.05) is 24.3 Å². The van der Waals surface area contributed by atoms with Crippen molar-refractivity contribution in [3.8, 4) is 21.9 Å². The molecule has 2 aliphatic rings. The second-order valence-corrected chi connectivity index (χ2v) is 14.7. The highest BCUT2D eigenvalue weighted by molar-refractivity contribution is 7.56. The van der Waals surface area contributed by atoms with Crippen molar-refractivity contribution in [2.45, 2.75) is 64.1 Å². The molecule has 3 aromatic rings. The number of thiophene rings is 1. The van der Waals surface area contributed by atoms with Crippen LogP contribution < -0.4 is 9.47 Å². The van der Waals surface area contributed by atoms with Gasteiger partial charge < -0.3 is 18.5 Å². The zero-order valence-electron chi connectivity index (χ0n) is 23.7. The van der Waals surface area contributed by atoms with E-state index in [1.54, 1.807) is 64.1 Å².